The molecule has 1 fully saturated rings. The number of aromatic nitrogens is 3. The molecule has 1 N–H and O–H groups in total. The molecule has 0 aliphatic carbocycles. The van der Waals surface area contributed by atoms with Crippen molar-refractivity contribution in [2.24, 2.45) is 13.0 Å². The van der Waals surface area contributed by atoms with Gasteiger partial charge in [0.15, 0.2) is 5.76 Å². The van der Waals surface area contributed by atoms with Crippen molar-refractivity contribution in [3.63, 3.8) is 0 Å². The SMILES string of the molecule is COC(=O)c1coc(C(=O)N2C[C@H](C)[C@H](NC(=O)CCc3cn(C)nn3)C2)c1. The van der Waals surface area contributed by atoms with Crippen LogP contribution in [0.3, 0.4) is 0 Å². The Morgan fingerprint density at radius 2 is 2.14 bits per heavy atom. The van der Waals surface area contributed by atoms with Gasteiger partial charge in [0.25, 0.3) is 5.91 Å². The summed E-state index contributed by atoms with van der Waals surface area (Å²) < 4.78 is 11.4. The molecule has 1 aliphatic rings. The van der Waals surface area contributed by atoms with Crippen LogP contribution in [0.25, 0.3) is 0 Å². The van der Waals surface area contributed by atoms with E-state index in [2.05, 4.69) is 20.4 Å². The number of nitrogens with one attached hydrogen (secondary N) is 1. The van der Waals surface area contributed by atoms with Crippen LogP contribution in [0.4, 0.5) is 0 Å². The maximum Gasteiger partial charge on any atom is 0.341 e. The number of esters is 1. The molecule has 2 aromatic rings. The van der Waals surface area contributed by atoms with Crippen molar-refractivity contribution in [2.75, 3.05) is 20.2 Å². The average molecular weight is 389 g/mol. The number of carbonyl (C=O) groups is 3. The lowest BCUT2D eigenvalue weighted by atomic mass is 10.1. The first-order chi connectivity index (χ1) is 13.4. The predicted molar refractivity (Wildman–Crippen MR) is 96.4 cm³/mol. The van der Waals surface area contributed by atoms with Crippen molar-refractivity contribution < 1.29 is 23.5 Å². The summed E-state index contributed by atoms with van der Waals surface area (Å²) in [4.78, 5) is 38.0. The first-order valence-corrected chi connectivity index (χ1v) is 8.98. The quantitative estimate of drug-likeness (QED) is 0.710. The predicted octanol–water partition coefficient (Wildman–Crippen LogP) is 0.404. The third-order valence-corrected chi connectivity index (χ3v) is 4.74. The molecule has 2 atom stereocenters. The molecule has 150 valence electrons. The van der Waals surface area contributed by atoms with Gasteiger partial charge < -0.3 is 19.4 Å². The molecule has 3 heterocycles. The Balaban J connectivity index is 1.53. The zero-order chi connectivity index (χ0) is 20.3. The number of furan rings is 1. The molecule has 3 rings (SSSR count). The Morgan fingerprint density at radius 1 is 1.36 bits per heavy atom. The summed E-state index contributed by atoms with van der Waals surface area (Å²) in [6.45, 7) is 2.84. The Bertz CT molecular complexity index is 873. The monoisotopic (exact) mass is 389 g/mol. The lowest BCUT2D eigenvalue weighted by molar-refractivity contribution is -0.121. The molecule has 0 spiro atoms. The van der Waals surface area contributed by atoms with E-state index in [9.17, 15) is 14.4 Å². The summed E-state index contributed by atoms with van der Waals surface area (Å²) in [5.41, 5.74) is 0.945. The highest BCUT2D eigenvalue weighted by Crippen LogP contribution is 2.20. The second-order valence-electron chi connectivity index (χ2n) is 6.94. The topological polar surface area (TPSA) is 120 Å². The summed E-state index contributed by atoms with van der Waals surface area (Å²) >= 11 is 0. The minimum absolute atomic E-state index is 0.0715. The Labute approximate surface area is 161 Å². The van der Waals surface area contributed by atoms with Gasteiger partial charge in [0, 0.05) is 45.2 Å². The summed E-state index contributed by atoms with van der Waals surface area (Å²) in [7, 11) is 3.03. The Kier molecular flexibility index (Phi) is 5.76. The van der Waals surface area contributed by atoms with Gasteiger partial charge in [0.1, 0.15) is 6.26 Å². The van der Waals surface area contributed by atoms with E-state index < -0.39 is 5.97 Å². The highest BCUT2D eigenvalue weighted by atomic mass is 16.5. The highest BCUT2D eigenvalue weighted by Gasteiger charge is 2.35. The van der Waals surface area contributed by atoms with Crippen LogP contribution in [-0.4, -0.2) is 63.9 Å². The number of methoxy groups -OCH3 is 1. The lowest BCUT2D eigenvalue weighted by Gasteiger charge is -2.16. The molecule has 0 saturated carbocycles. The minimum atomic E-state index is -0.564. The molecule has 28 heavy (non-hydrogen) atoms. The zero-order valence-electron chi connectivity index (χ0n) is 16.0. The molecule has 2 aromatic heterocycles. The van der Waals surface area contributed by atoms with E-state index in [0.717, 1.165) is 5.69 Å². The molecule has 2 amide bonds. The Hall–Kier alpha value is -3.17. The fourth-order valence-electron chi connectivity index (χ4n) is 3.18. The van der Waals surface area contributed by atoms with Gasteiger partial charge in [-0.3, -0.25) is 14.3 Å². The van der Waals surface area contributed by atoms with Gasteiger partial charge in [-0.05, 0) is 5.92 Å². The van der Waals surface area contributed by atoms with Crippen LogP contribution in [0.15, 0.2) is 22.9 Å². The molecular weight excluding hydrogens is 366 g/mol. The molecule has 0 unspecified atom stereocenters. The van der Waals surface area contributed by atoms with Crippen molar-refractivity contribution in [3.05, 3.63) is 35.5 Å². The maximum absolute atomic E-state index is 12.6. The third kappa shape index (κ3) is 4.38. The fourth-order valence-corrected chi connectivity index (χ4v) is 3.18. The van der Waals surface area contributed by atoms with Crippen LogP contribution >= 0.6 is 0 Å². The van der Waals surface area contributed by atoms with E-state index in [1.165, 1.54) is 19.4 Å². The van der Waals surface area contributed by atoms with E-state index in [1.54, 1.807) is 22.8 Å². The van der Waals surface area contributed by atoms with Crippen LogP contribution in [-0.2, 0) is 23.0 Å². The van der Waals surface area contributed by atoms with Crippen LogP contribution in [0.1, 0.15) is 40.0 Å². The number of ether oxygens (including phenoxy) is 1. The number of amides is 2. The smallest absolute Gasteiger partial charge is 0.341 e. The number of rotatable bonds is 6. The largest absolute Gasteiger partial charge is 0.465 e. The van der Waals surface area contributed by atoms with Crippen LogP contribution < -0.4 is 5.32 Å². The maximum atomic E-state index is 12.6. The van der Waals surface area contributed by atoms with Crippen molar-refractivity contribution in [1.29, 1.82) is 0 Å². The molecule has 0 bridgehead atoms. The number of likely N-dealkylation sites (tertiary alicyclic amines) is 1. The molecule has 0 aromatic carbocycles. The number of carbonyl (C=O) groups excluding carboxylic acids is 3. The number of nitrogens with zero attached hydrogens (tertiary/aromatic N) is 4. The average Bonchev–Trinajstić information content (AvgIpc) is 3.40. The summed E-state index contributed by atoms with van der Waals surface area (Å²) in [6, 6.07) is 1.22. The first-order valence-electron chi connectivity index (χ1n) is 8.98. The highest BCUT2D eigenvalue weighted by molar-refractivity contribution is 5.96. The standard InChI is InChI=1S/C18H23N5O5/c1-11-7-23(17(25)15-6-12(10-28-15)18(26)27-3)9-14(11)19-16(24)5-4-13-8-22(2)21-20-13/h6,8,10-11,14H,4-5,7,9H2,1-3H3,(H,19,24)/t11-,14+/m0/s1. The second kappa shape index (κ2) is 8.24. The van der Waals surface area contributed by atoms with E-state index >= 15 is 0 Å². The lowest BCUT2D eigenvalue weighted by Crippen LogP contribution is -2.40. The first kappa shape index (κ1) is 19.6. The number of hydrogen-bond donors (Lipinski definition) is 1. The third-order valence-electron chi connectivity index (χ3n) is 4.74. The molecule has 1 saturated heterocycles. The van der Waals surface area contributed by atoms with E-state index in [1.807, 2.05) is 6.92 Å². The summed E-state index contributed by atoms with van der Waals surface area (Å²) in [6.07, 6.45) is 3.78. The van der Waals surface area contributed by atoms with Gasteiger partial charge in [-0.2, -0.15) is 0 Å². The molecule has 0 radical (unpaired) electrons. The minimum Gasteiger partial charge on any atom is -0.465 e. The number of hydrogen-bond acceptors (Lipinski definition) is 7. The molecular formula is C18H23N5O5. The van der Waals surface area contributed by atoms with Gasteiger partial charge in [-0.1, -0.05) is 12.1 Å². The van der Waals surface area contributed by atoms with E-state index in [-0.39, 0.29) is 35.1 Å². The van der Waals surface area contributed by atoms with Gasteiger partial charge in [0.05, 0.1) is 24.4 Å². The van der Waals surface area contributed by atoms with Gasteiger partial charge >= 0.3 is 5.97 Å². The van der Waals surface area contributed by atoms with Crippen LogP contribution in [0.2, 0.25) is 0 Å². The van der Waals surface area contributed by atoms with Crippen LogP contribution in [0, 0.1) is 5.92 Å². The van der Waals surface area contributed by atoms with Gasteiger partial charge in [0.2, 0.25) is 5.91 Å². The normalized spacial score (nSPS) is 18.9. The van der Waals surface area contributed by atoms with E-state index in [4.69, 9.17) is 4.42 Å². The summed E-state index contributed by atoms with van der Waals surface area (Å²) in [5.74, 6) is -0.811. The van der Waals surface area contributed by atoms with Crippen LogP contribution in [0.5, 0.6) is 0 Å². The zero-order valence-corrected chi connectivity index (χ0v) is 16.0. The number of aryl methyl sites for hydroxylation is 2. The second-order valence-corrected chi connectivity index (χ2v) is 6.94. The summed E-state index contributed by atoms with van der Waals surface area (Å²) in [5, 5.41) is 10.8. The van der Waals surface area contributed by atoms with Gasteiger partial charge in [-0.15, -0.1) is 5.10 Å². The van der Waals surface area contributed by atoms with E-state index in [0.29, 0.717) is 25.9 Å². The molecule has 10 nitrogen and oxygen atoms in total. The van der Waals surface area contributed by atoms with Gasteiger partial charge in [-0.25, -0.2) is 4.79 Å². The van der Waals surface area contributed by atoms with Crippen molar-refractivity contribution in [1.82, 2.24) is 25.2 Å². The van der Waals surface area contributed by atoms with Crippen molar-refractivity contribution >= 4 is 17.8 Å². The molecule has 1 aliphatic heterocycles. The van der Waals surface area contributed by atoms with Crippen molar-refractivity contribution in [2.45, 2.75) is 25.8 Å². The fraction of sp³-hybridized carbons (Fsp3) is 0.500. The Morgan fingerprint density at radius 3 is 2.82 bits per heavy atom. The van der Waals surface area contributed by atoms with Crippen molar-refractivity contribution in [3.8, 4) is 0 Å². The molecule has 10 heteroatoms.